The van der Waals surface area contributed by atoms with Gasteiger partial charge in [0.05, 0.1) is 24.7 Å². The van der Waals surface area contributed by atoms with Crippen molar-refractivity contribution in [1.82, 2.24) is 5.43 Å². The highest BCUT2D eigenvalue weighted by Gasteiger charge is 2.11. The molecule has 0 saturated heterocycles. The topological polar surface area (TPSA) is 103 Å². The Balaban J connectivity index is 1.64. The molecule has 164 valence electrons. The molecule has 3 aromatic carbocycles. The van der Waals surface area contributed by atoms with Crippen LogP contribution >= 0.6 is 15.9 Å². The summed E-state index contributed by atoms with van der Waals surface area (Å²) in [6.45, 7) is 0.334. The van der Waals surface area contributed by atoms with Crippen molar-refractivity contribution in [3.8, 4) is 11.5 Å². The van der Waals surface area contributed by atoms with Gasteiger partial charge in [-0.15, -0.1) is 0 Å². The molecule has 0 aromatic heterocycles. The molecule has 0 radical (unpaired) electrons. The van der Waals surface area contributed by atoms with Crippen LogP contribution in [-0.2, 0) is 17.8 Å². The number of ether oxygens (including phenoxy) is 2. The third-order valence-corrected chi connectivity index (χ3v) is 4.96. The van der Waals surface area contributed by atoms with Crippen LogP contribution in [0.3, 0.4) is 0 Å². The van der Waals surface area contributed by atoms with Crippen molar-refractivity contribution in [1.29, 1.82) is 0 Å². The van der Waals surface area contributed by atoms with E-state index in [2.05, 4.69) is 26.5 Å². The maximum atomic E-state index is 12.1. The highest BCUT2D eigenvalue weighted by Crippen LogP contribution is 2.31. The van der Waals surface area contributed by atoms with Crippen molar-refractivity contribution in [2.75, 3.05) is 7.11 Å². The first kappa shape index (κ1) is 23.0. The van der Waals surface area contributed by atoms with Crippen molar-refractivity contribution in [3.63, 3.8) is 0 Å². The van der Waals surface area contributed by atoms with Crippen molar-refractivity contribution in [3.05, 3.63) is 98.0 Å². The van der Waals surface area contributed by atoms with Crippen molar-refractivity contribution >= 4 is 33.7 Å². The quantitative estimate of drug-likeness (QED) is 0.263. The highest BCUT2D eigenvalue weighted by atomic mass is 79.9. The minimum absolute atomic E-state index is 0.0270. The molecule has 8 nitrogen and oxygen atoms in total. The van der Waals surface area contributed by atoms with Gasteiger partial charge in [-0.25, -0.2) is 5.43 Å². The second kappa shape index (κ2) is 11.1. The number of nitro groups is 1. The third-order valence-electron chi connectivity index (χ3n) is 4.43. The summed E-state index contributed by atoms with van der Waals surface area (Å²) >= 11 is 3.41. The van der Waals surface area contributed by atoms with Crippen LogP contribution in [0.1, 0.15) is 16.7 Å². The fourth-order valence-corrected chi connectivity index (χ4v) is 3.08. The molecule has 32 heavy (non-hydrogen) atoms. The van der Waals surface area contributed by atoms with Gasteiger partial charge in [0.15, 0.2) is 11.5 Å². The molecule has 0 aliphatic carbocycles. The highest BCUT2D eigenvalue weighted by molar-refractivity contribution is 9.10. The average Bonchev–Trinajstić information content (AvgIpc) is 2.79. The standard InChI is InChI=1S/C23H20BrN3O5/c1-31-21-4-2-3-18(23(21)32-15-17-5-9-19(24)10-6-17)14-25-26-22(28)13-16-7-11-20(12-8-16)27(29)30/h2-12,14H,13,15H2,1H3,(H,26,28)/b25-14+. The third kappa shape index (κ3) is 6.39. The monoisotopic (exact) mass is 497 g/mol. The summed E-state index contributed by atoms with van der Waals surface area (Å²) in [6.07, 6.45) is 1.52. The van der Waals surface area contributed by atoms with Crippen molar-refractivity contribution < 1.29 is 19.2 Å². The average molecular weight is 498 g/mol. The SMILES string of the molecule is COc1cccc(/C=N/NC(=O)Cc2ccc([N+](=O)[O-])cc2)c1OCc1ccc(Br)cc1. The number of nitrogens with one attached hydrogen (secondary N) is 1. The van der Waals surface area contributed by atoms with Gasteiger partial charge in [-0.1, -0.05) is 46.3 Å². The molecule has 0 spiro atoms. The number of amides is 1. The molecule has 0 saturated carbocycles. The van der Waals surface area contributed by atoms with E-state index in [1.54, 1.807) is 25.3 Å². The van der Waals surface area contributed by atoms with E-state index in [1.165, 1.54) is 30.5 Å². The van der Waals surface area contributed by atoms with Gasteiger partial charge in [0.1, 0.15) is 6.61 Å². The second-order valence-electron chi connectivity index (χ2n) is 6.69. The molecule has 0 atom stereocenters. The van der Waals surface area contributed by atoms with Gasteiger partial charge in [0.25, 0.3) is 5.69 Å². The molecule has 3 aromatic rings. The summed E-state index contributed by atoms with van der Waals surface area (Å²) in [4.78, 5) is 22.4. The Morgan fingerprint density at radius 3 is 2.44 bits per heavy atom. The lowest BCUT2D eigenvalue weighted by Gasteiger charge is -2.13. The lowest BCUT2D eigenvalue weighted by atomic mass is 10.1. The lowest BCUT2D eigenvalue weighted by Crippen LogP contribution is -2.19. The molecule has 1 amide bonds. The van der Waals surface area contributed by atoms with Crippen LogP contribution in [-0.4, -0.2) is 24.2 Å². The number of hydrazone groups is 1. The van der Waals surface area contributed by atoms with Crippen LogP contribution in [0.15, 0.2) is 76.3 Å². The molecular formula is C23H20BrN3O5. The lowest BCUT2D eigenvalue weighted by molar-refractivity contribution is -0.384. The molecule has 0 aliphatic heterocycles. The van der Waals surface area contributed by atoms with E-state index in [9.17, 15) is 14.9 Å². The predicted octanol–water partition coefficient (Wildman–Crippen LogP) is 4.64. The maximum Gasteiger partial charge on any atom is 0.269 e. The summed E-state index contributed by atoms with van der Waals surface area (Å²) in [5.41, 5.74) is 4.69. The fraction of sp³-hybridized carbons (Fsp3) is 0.130. The largest absolute Gasteiger partial charge is 0.493 e. The molecule has 0 heterocycles. The Morgan fingerprint density at radius 1 is 1.09 bits per heavy atom. The first-order valence-electron chi connectivity index (χ1n) is 9.55. The van der Waals surface area contributed by atoms with Gasteiger partial charge in [0, 0.05) is 22.2 Å². The number of methoxy groups -OCH3 is 1. The van der Waals surface area contributed by atoms with Gasteiger partial charge in [0.2, 0.25) is 5.91 Å². The summed E-state index contributed by atoms with van der Waals surface area (Å²) in [6, 6.07) is 18.9. The number of para-hydroxylation sites is 1. The molecule has 3 rings (SSSR count). The first-order valence-corrected chi connectivity index (χ1v) is 10.3. The summed E-state index contributed by atoms with van der Waals surface area (Å²) in [5, 5.41) is 14.7. The van der Waals surface area contributed by atoms with E-state index >= 15 is 0 Å². The number of rotatable bonds is 9. The number of non-ortho nitro benzene ring substituents is 1. The Bertz CT molecular complexity index is 1120. The zero-order valence-corrected chi connectivity index (χ0v) is 18.7. The number of benzene rings is 3. The fourth-order valence-electron chi connectivity index (χ4n) is 2.82. The minimum Gasteiger partial charge on any atom is -0.493 e. The first-order chi connectivity index (χ1) is 15.5. The van der Waals surface area contributed by atoms with Gasteiger partial charge >= 0.3 is 0 Å². The van der Waals surface area contributed by atoms with Crippen LogP contribution in [0.2, 0.25) is 0 Å². The van der Waals surface area contributed by atoms with Crippen LogP contribution in [0, 0.1) is 10.1 Å². The number of nitrogens with zero attached hydrogens (tertiary/aromatic N) is 2. The second-order valence-corrected chi connectivity index (χ2v) is 7.60. The number of carbonyl (C=O) groups is 1. The van der Waals surface area contributed by atoms with Gasteiger partial charge < -0.3 is 9.47 Å². The Morgan fingerprint density at radius 2 is 1.78 bits per heavy atom. The molecule has 0 aliphatic rings. The van der Waals surface area contributed by atoms with Gasteiger partial charge in [-0.3, -0.25) is 14.9 Å². The Labute approximate surface area is 193 Å². The maximum absolute atomic E-state index is 12.1. The summed E-state index contributed by atoms with van der Waals surface area (Å²) in [7, 11) is 1.55. The Hall–Kier alpha value is -3.72. The van der Waals surface area contributed by atoms with Crippen LogP contribution in [0.25, 0.3) is 0 Å². The summed E-state index contributed by atoms with van der Waals surface area (Å²) in [5.74, 6) is 0.699. The van der Waals surface area contributed by atoms with Gasteiger partial charge in [-0.05, 0) is 35.4 Å². The number of halogens is 1. The van der Waals surface area contributed by atoms with Crippen LogP contribution in [0.5, 0.6) is 11.5 Å². The molecule has 0 bridgehead atoms. The molecule has 0 unspecified atom stereocenters. The Kier molecular flexibility index (Phi) is 7.93. The van der Waals surface area contributed by atoms with E-state index < -0.39 is 4.92 Å². The molecule has 0 fully saturated rings. The zero-order chi connectivity index (χ0) is 22.9. The van der Waals surface area contributed by atoms with E-state index in [1.807, 2.05) is 24.3 Å². The number of carbonyl (C=O) groups excluding carboxylic acids is 1. The number of nitro benzene ring substituents is 1. The van der Waals surface area contributed by atoms with E-state index in [-0.39, 0.29) is 18.0 Å². The van der Waals surface area contributed by atoms with Gasteiger partial charge in [-0.2, -0.15) is 5.10 Å². The van der Waals surface area contributed by atoms with Crippen molar-refractivity contribution in [2.24, 2.45) is 5.10 Å². The minimum atomic E-state index is -0.487. The normalized spacial score (nSPS) is 10.7. The smallest absolute Gasteiger partial charge is 0.269 e. The van der Waals surface area contributed by atoms with Crippen LogP contribution in [0.4, 0.5) is 5.69 Å². The van der Waals surface area contributed by atoms with Crippen molar-refractivity contribution in [2.45, 2.75) is 13.0 Å². The van der Waals surface area contributed by atoms with E-state index in [0.29, 0.717) is 29.2 Å². The van der Waals surface area contributed by atoms with E-state index in [4.69, 9.17) is 9.47 Å². The molecular weight excluding hydrogens is 478 g/mol. The predicted molar refractivity (Wildman–Crippen MR) is 124 cm³/mol. The summed E-state index contributed by atoms with van der Waals surface area (Å²) < 4.78 is 12.3. The van der Waals surface area contributed by atoms with E-state index in [0.717, 1.165) is 10.0 Å². The molecule has 1 N–H and O–H groups in total. The zero-order valence-electron chi connectivity index (χ0n) is 17.2. The number of hydrogen-bond acceptors (Lipinski definition) is 6. The molecule has 9 heteroatoms. The van der Waals surface area contributed by atoms with Crippen LogP contribution < -0.4 is 14.9 Å². The number of hydrogen-bond donors (Lipinski definition) is 1.